The number of aromatic hydroxyl groups is 1. The van der Waals surface area contributed by atoms with E-state index in [1.165, 1.54) is 5.56 Å². The molecule has 0 fully saturated rings. The predicted molar refractivity (Wildman–Crippen MR) is 58.2 cm³/mol. The number of halogens is 1. The molecule has 0 bridgehead atoms. The number of fused-ring (bicyclic) bond motifs is 1. The lowest BCUT2D eigenvalue weighted by Crippen LogP contribution is -1.81. The Labute approximate surface area is 85.1 Å². The Balaban J connectivity index is 2.84. The average molecular weight is 237 g/mol. The highest BCUT2D eigenvalue weighted by Gasteiger charge is 2.02. The van der Waals surface area contributed by atoms with Crippen molar-refractivity contribution >= 4 is 26.7 Å². The van der Waals surface area contributed by atoms with Gasteiger partial charge in [0, 0.05) is 10.7 Å². The third-order valence-electron chi connectivity index (χ3n) is 2.14. The number of hydrogen-bond acceptors (Lipinski definition) is 1. The smallest absolute Gasteiger partial charge is 0.123 e. The van der Waals surface area contributed by atoms with Gasteiger partial charge in [-0.15, -0.1) is 0 Å². The van der Waals surface area contributed by atoms with Gasteiger partial charge in [-0.1, -0.05) is 46.3 Å². The fraction of sp³-hybridized carbons (Fsp3) is 0.0909. The molecule has 0 atom stereocenters. The summed E-state index contributed by atoms with van der Waals surface area (Å²) < 4.78 is 0. The van der Waals surface area contributed by atoms with Crippen LogP contribution in [0, 0.1) is 0 Å². The van der Waals surface area contributed by atoms with Crippen molar-refractivity contribution in [2.45, 2.75) is 5.33 Å². The fourth-order valence-corrected chi connectivity index (χ4v) is 1.95. The van der Waals surface area contributed by atoms with Crippen LogP contribution in [-0.4, -0.2) is 5.11 Å². The highest BCUT2D eigenvalue weighted by atomic mass is 79.9. The van der Waals surface area contributed by atoms with Crippen LogP contribution in [0.2, 0.25) is 0 Å². The molecule has 2 rings (SSSR count). The predicted octanol–water partition coefficient (Wildman–Crippen LogP) is 3.44. The van der Waals surface area contributed by atoms with Gasteiger partial charge in [-0.2, -0.15) is 0 Å². The Morgan fingerprint density at radius 2 is 1.69 bits per heavy atom. The lowest BCUT2D eigenvalue weighted by atomic mass is 10.1. The topological polar surface area (TPSA) is 20.2 Å². The van der Waals surface area contributed by atoms with Crippen LogP contribution < -0.4 is 0 Å². The summed E-state index contributed by atoms with van der Waals surface area (Å²) >= 11 is 3.42. The minimum atomic E-state index is 0.348. The molecular formula is C11H9BrO. The summed E-state index contributed by atoms with van der Waals surface area (Å²) in [5, 5.41) is 12.4. The summed E-state index contributed by atoms with van der Waals surface area (Å²) in [6.07, 6.45) is 0. The van der Waals surface area contributed by atoms with Gasteiger partial charge in [0.25, 0.3) is 0 Å². The summed E-state index contributed by atoms with van der Waals surface area (Å²) in [5.41, 5.74) is 1.20. The molecular weight excluding hydrogens is 228 g/mol. The second-order valence-electron chi connectivity index (χ2n) is 2.92. The molecule has 66 valence electrons. The number of benzene rings is 2. The van der Waals surface area contributed by atoms with Crippen molar-refractivity contribution in [3.8, 4) is 5.75 Å². The lowest BCUT2D eigenvalue weighted by Gasteiger charge is -2.04. The van der Waals surface area contributed by atoms with Crippen LogP contribution in [0.25, 0.3) is 10.8 Å². The molecule has 2 aromatic rings. The van der Waals surface area contributed by atoms with E-state index in [9.17, 15) is 5.11 Å². The van der Waals surface area contributed by atoms with E-state index in [0.717, 1.165) is 16.1 Å². The second-order valence-corrected chi connectivity index (χ2v) is 3.48. The molecule has 0 saturated heterocycles. The maximum atomic E-state index is 9.58. The SMILES string of the molecule is Oc1ccc(CBr)c2ccccc12. The van der Waals surface area contributed by atoms with Gasteiger partial charge in [0.15, 0.2) is 0 Å². The minimum absolute atomic E-state index is 0.348. The molecule has 0 amide bonds. The zero-order valence-electron chi connectivity index (χ0n) is 7.00. The summed E-state index contributed by atoms with van der Waals surface area (Å²) in [6.45, 7) is 0. The minimum Gasteiger partial charge on any atom is -0.507 e. The van der Waals surface area contributed by atoms with Gasteiger partial charge < -0.3 is 5.11 Å². The summed E-state index contributed by atoms with van der Waals surface area (Å²) in [5.74, 6) is 0.348. The van der Waals surface area contributed by atoms with Crippen molar-refractivity contribution in [3.63, 3.8) is 0 Å². The van der Waals surface area contributed by atoms with Gasteiger partial charge in [0.1, 0.15) is 5.75 Å². The lowest BCUT2D eigenvalue weighted by molar-refractivity contribution is 0.481. The van der Waals surface area contributed by atoms with E-state index in [-0.39, 0.29) is 0 Å². The van der Waals surface area contributed by atoms with Gasteiger partial charge in [0.05, 0.1) is 0 Å². The van der Waals surface area contributed by atoms with Gasteiger partial charge in [-0.25, -0.2) is 0 Å². The van der Waals surface area contributed by atoms with Gasteiger partial charge in [0.2, 0.25) is 0 Å². The van der Waals surface area contributed by atoms with Crippen LogP contribution in [0.3, 0.4) is 0 Å². The molecule has 2 aromatic carbocycles. The second kappa shape index (κ2) is 3.38. The molecule has 0 spiro atoms. The van der Waals surface area contributed by atoms with E-state index in [2.05, 4.69) is 15.9 Å². The molecule has 0 unspecified atom stereocenters. The number of rotatable bonds is 1. The van der Waals surface area contributed by atoms with Crippen LogP contribution in [0.1, 0.15) is 5.56 Å². The monoisotopic (exact) mass is 236 g/mol. The Bertz CT molecular complexity index is 437. The Morgan fingerprint density at radius 1 is 1.00 bits per heavy atom. The zero-order chi connectivity index (χ0) is 9.26. The summed E-state index contributed by atoms with van der Waals surface area (Å²) in [7, 11) is 0. The molecule has 2 heteroatoms. The third-order valence-corrected chi connectivity index (χ3v) is 2.74. The van der Waals surface area contributed by atoms with Crippen molar-refractivity contribution in [1.29, 1.82) is 0 Å². The van der Waals surface area contributed by atoms with Crippen LogP contribution in [0.4, 0.5) is 0 Å². The number of hydrogen-bond donors (Lipinski definition) is 1. The largest absolute Gasteiger partial charge is 0.507 e. The average Bonchev–Trinajstić information content (AvgIpc) is 2.19. The maximum absolute atomic E-state index is 9.58. The molecule has 0 saturated carbocycles. The number of alkyl halides is 1. The normalized spacial score (nSPS) is 10.5. The number of phenols is 1. The van der Waals surface area contributed by atoms with Crippen molar-refractivity contribution in [3.05, 3.63) is 42.0 Å². The van der Waals surface area contributed by atoms with Gasteiger partial charge in [-0.3, -0.25) is 0 Å². The van der Waals surface area contributed by atoms with Gasteiger partial charge >= 0.3 is 0 Å². The first kappa shape index (κ1) is 8.57. The molecule has 1 N–H and O–H groups in total. The van der Waals surface area contributed by atoms with Crippen LogP contribution in [0.5, 0.6) is 5.75 Å². The third kappa shape index (κ3) is 1.42. The highest BCUT2D eigenvalue weighted by molar-refractivity contribution is 9.08. The highest BCUT2D eigenvalue weighted by Crippen LogP contribution is 2.28. The Kier molecular flexibility index (Phi) is 2.23. The molecule has 0 aliphatic carbocycles. The van der Waals surface area contributed by atoms with Crippen molar-refractivity contribution in [2.24, 2.45) is 0 Å². The molecule has 1 nitrogen and oxygen atoms in total. The molecule has 0 aliphatic heterocycles. The molecule has 0 radical (unpaired) electrons. The van der Waals surface area contributed by atoms with E-state index < -0.39 is 0 Å². The Morgan fingerprint density at radius 3 is 2.38 bits per heavy atom. The van der Waals surface area contributed by atoms with Gasteiger partial charge in [-0.05, 0) is 17.0 Å². The zero-order valence-corrected chi connectivity index (χ0v) is 8.58. The number of phenolic OH excluding ortho intramolecular Hbond substituents is 1. The van der Waals surface area contributed by atoms with E-state index >= 15 is 0 Å². The van der Waals surface area contributed by atoms with E-state index in [1.54, 1.807) is 6.07 Å². The molecule has 0 aliphatic rings. The summed E-state index contributed by atoms with van der Waals surface area (Å²) in [4.78, 5) is 0. The quantitative estimate of drug-likeness (QED) is 0.753. The van der Waals surface area contributed by atoms with Crippen molar-refractivity contribution in [1.82, 2.24) is 0 Å². The first-order valence-electron chi connectivity index (χ1n) is 4.08. The van der Waals surface area contributed by atoms with Crippen LogP contribution >= 0.6 is 15.9 Å². The van der Waals surface area contributed by atoms with E-state index in [0.29, 0.717) is 5.75 Å². The van der Waals surface area contributed by atoms with Crippen LogP contribution in [0.15, 0.2) is 36.4 Å². The molecule has 13 heavy (non-hydrogen) atoms. The molecule has 0 heterocycles. The fourth-order valence-electron chi connectivity index (χ4n) is 1.46. The maximum Gasteiger partial charge on any atom is 0.123 e. The standard InChI is InChI=1S/C11H9BrO/c12-7-8-5-6-11(13)10-4-2-1-3-9(8)10/h1-6,13H,7H2. The van der Waals surface area contributed by atoms with Crippen LogP contribution in [-0.2, 0) is 5.33 Å². The van der Waals surface area contributed by atoms with E-state index in [4.69, 9.17) is 0 Å². The first-order chi connectivity index (χ1) is 6.33. The first-order valence-corrected chi connectivity index (χ1v) is 5.20. The van der Waals surface area contributed by atoms with E-state index in [1.807, 2.05) is 30.3 Å². The molecule has 0 aromatic heterocycles. The summed E-state index contributed by atoms with van der Waals surface area (Å²) in [6, 6.07) is 11.5. The van der Waals surface area contributed by atoms with Crippen molar-refractivity contribution < 1.29 is 5.11 Å². The van der Waals surface area contributed by atoms with Crippen molar-refractivity contribution in [2.75, 3.05) is 0 Å². The Hall–Kier alpha value is -1.02.